The van der Waals surface area contributed by atoms with Gasteiger partial charge in [0.05, 0.1) is 28.2 Å². The largest absolute Gasteiger partial charge is 0.386 e. The van der Waals surface area contributed by atoms with Crippen molar-refractivity contribution in [2.24, 2.45) is 0 Å². The number of benzene rings is 1. The summed E-state index contributed by atoms with van der Waals surface area (Å²) in [6.45, 7) is -0.415. The molecule has 6 nitrogen and oxygen atoms in total. The highest BCUT2D eigenvalue weighted by Gasteiger charge is 2.26. The minimum Gasteiger partial charge on any atom is -0.386 e. The van der Waals surface area contributed by atoms with E-state index >= 15 is 0 Å². The van der Waals surface area contributed by atoms with Crippen LogP contribution in [0.5, 0.6) is 0 Å². The molecular weight excluding hydrogens is 420 g/mol. The molecule has 1 atom stereocenters. The molecular formula is C25H24N4O2S. The lowest BCUT2D eigenvalue weighted by Crippen LogP contribution is -2.34. The Bertz CT molecular complexity index is 1600. The molecule has 0 saturated carbocycles. The number of pyridine rings is 2. The van der Waals surface area contributed by atoms with Gasteiger partial charge in [0, 0.05) is 53.6 Å². The summed E-state index contributed by atoms with van der Waals surface area (Å²) in [4.78, 5) is 22.1. The number of aromatic nitrogens is 2. The number of aliphatic hydroxyl groups is 1. The van der Waals surface area contributed by atoms with Gasteiger partial charge >= 0.3 is 0 Å². The highest BCUT2D eigenvalue weighted by atomic mass is 32.1. The lowest BCUT2D eigenvalue weighted by Gasteiger charge is -2.21. The van der Waals surface area contributed by atoms with Gasteiger partial charge in [0.2, 0.25) is 0 Å². The fourth-order valence-electron chi connectivity index (χ4n) is 3.96. The molecule has 0 radical (unpaired) electrons. The summed E-state index contributed by atoms with van der Waals surface area (Å²) in [5.41, 5.74) is -1.58. The van der Waals surface area contributed by atoms with E-state index in [9.17, 15) is 9.90 Å². The smallest absolute Gasteiger partial charge is 0.263 e. The predicted octanol–water partition coefficient (Wildman–Crippen LogP) is 4.93. The van der Waals surface area contributed by atoms with Gasteiger partial charge in [-0.3, -0.25) is 9.78 Å². The number of hydrogen-bond donors (Lipinski definition) is 3. The zero-order chi connectivity index (χ0) is 27.6. The Balaban J connectivity index is 1.75. The molecule has 1 amide bonds. The first-order valence-electron chi connectivity index (χ1n) is 13.0. The van der Waals surface area contributed by atoms with Gasteiger partial charge < -0.3 is 15.7 Å². The summed E-state index contributed by atoms with van der Waals surface area (Å²) in [5.74, 6) is -0.150. The quantitative estimate of drug-likeness (QED) is 0.412. The monoisotopic (exact) mass is 450 g/mol. The Morgan fingerprint density at radius 2 is 2.19 bits per heavy atom. The fourth-order valence-corrected chi connectivity index (χ4v) is 5.06. The van der Waals surface area contributed by atoms with E-state index in [0.717, 1.165) is 27.4 Å². The van der Waals surface area contributed by atoms with Gasteiger partial charge in [-0.15, -0.1) is 11.3 Å². The lowest BCUT2D eigenvalue weighted by molar-refractivity contribution is 0.0788. The first-order valence-corrected chi connectivity index (χ1v) is 10.8. The van der Waals surface area contributed by atoms with Crippen molar-refractivity contribution in [3.05, 3.63) is 59.2 Å². The zero-order valence-electron chi connectivity index (χ0n) is 23.2. The van der Waals surface area contributed by atoms with Gasteiger partial charge in [-0.2, -0.15) is 0 Å². The molecule has 3 aromatic heterocycles. The molecule has 0 spiro atoms. The van der Waals surface area contributed by atoms with E-state index in [-0.39, 0.29) is 28.8 Å². The molecule has 162 valence electrons. The van der Waals surface area contributed by atoms with E-state index in [1.807, 2.05) is 13.0 Å². The van der Waals surface area contributed by atoms with Gasteiger partial charge in [0.1, 0.15) is 4.88 Å². The minimum atomic E-state index is -3.29. The first-order chi connectivity index (χ1) is 17.8. The Kier molecular flexibility index (Phi) is 3.40. The van der Waals surface area contributed by atoms with E-state index < -0.39 is 19.3 Å². The van der Waals surface area contributed by atoms with Crippen LogP contribution in [-0.4, -0.2) is 33.6 Å². The Hall–Kier alpha value is -3.29. The molecule has 5 rings (SSSR count). The summed E-state index contributed by atoms with van der Waals surface area (Å²) in [7, 11) is 0. The number of amides is 1. The predicted molar refractivity (Wildman–Crippen MR) is 131 cm³/mol. The third kappa shape index (κ3) is 3.34. The molecule has 1 aliphatic heterocycles. The SMILES string of the molecule is [2H]C([2H])([2H])C(O)(c1cnc(C=C)cc1-c1ccc2c(ccc3sc4c(c32)NC[C@@H](C)NC4=O)n1)C([2H])([2H])[2H]. The second-order valence-electron chi connectivity index (χ2n) is 7.83. The molecule has 32 heavy (non-hydrogen) atoms. The van der Waals surface area contributed by atoms with Gasteiger partial charge in [-0.05, 0) is 57.0 Å². The lowest BCUT2D eigenvalue weighted by atomic mass is 9.92. The highest BCUT2D eigenvalue weighted by molar-refractivity contribution is 7.21. The van der Waals surface area contributed by atoms with E-state index in [4.69, 9.17) is 13.2 Å². The van der Waals surface area contributed by atoms with Crippen LogP contribution in [0.2, 0.25) is 0 Å². The van der Waals surface area contributed by atoms with Crippen molar-refractivity contribution in [3.63, 3.8) is 0 Å². The van der Waals surface area contributed by atoms with Crippen LogP contribution in [-0.2, 0) is 5.60 Å². The Morgan fingerprint density at radius 1 is 1.34 bits per heavy atom. The van der Waals surface area contributed by atoms with E-state index in [0.29, 0.717) is 22.6 Å². The van der Waals surface area contributed by atoms with Gasteiger partial charge in [-0.25, -0.2) is 4.98 Å². The summed E-state index contributed by atoms with van der Waals surface area (Å²) in [6.07, 6.45) is 2.49. The van der Waals surface area contributed by atoms with Crippen LogP contribution in [0.25, 0.3) is 38.3 Å². The van der Waals surface area contributed by atoms with Crippen molar-refractivity contribution in [1.82, 2.24) is 15.3 Å². The molecule has 1 aliphatic rings. The molecule has 0 unspecified atom stereocenters. The third-order valence-corrected chi connectivity index (χ3v) is 6.64. The van der Waals surface area contributed by atoms with Gasteiger partial charge in [-0.1, -0.05) is 6.58 Å². The van der Waals surface area contributed by atoms with Crippen molar-refractivity contribution in [2.75, 3.05) is 11.9 Å². The first kappa shape index (κ1) is 14.7. The molecule has 0 fully saturated rings. The number of rotatable bonds is 3. The second kappa shape index (κ2) is 7.39. The maximum Gasteiger partial charge on any atom is 0.263 e. The molecule has 3 N–H and O–H groups in total. The maximum absolute atomic E-state index is 12.7. The molecule has 4 heterocycles. The number of hydrogen-bond acceptors (Lipinski definition) is 6. The van der Waals surface area contributed by atoms with Gasteiger partial charge in [0.25, 0.3) is 5.91 Å². The van der Waals surface area contributed by atoms with Crippen LogP contribution in [0.4, 0.5) is 5.69 Å². The number of thiophene rings is 1. The van der Waals surface area contributed by atoms with E-state index in [1.54, 1.807) is 18.2 Å². The zero-order valence-corrected chi connectivity index (χ0v) is 18.0. The Labute approximate surface area is 198 Å². The van der Waals surface area contributed by atoms with Crippen LogP contribution in [0.3, 0.4) is 0 Å². The van der Waals surface area contributed by atoms with Crippen LogP contribution >= 0.6 is 11.3 Å². The van der Waals surface area contributed by atoms with Crippen molar-refractivity contribution < 1.29 is 18.1 Å². The molecule has 0 bridgehead atoms. The van der Waals surface area contributed by atoms with Gasteiger partial charge in [0.15, 0.2) is 0 Å². The van der Waals surface area contributed by atoms with E-state index in [2.05, 4.69) is 22.2 Å². The number of carbonyl (C=O) groups is 1. The van der Waals surface area contributed by atoms with Crippen molar-refractivity contribution in [2.45, 2.75) is 32.3 Å². The van der Waals surface area contributed by atoms with Crippen molar-refractivity contribution in [1.29, 1.82) is 0 Å². The fraction of sp³-hybridized carbons (Fsp3) is 0.240. The van der Waals surface area contributed by atoms with Crippen LogP contribution in [0, 0.1) is 0 Å². The molecule has 1 aromatic carbocycles. The number of nitrogens with one attached hydrogen (secondary N) is 2. The molecule has 4 aromatic rings. The topological polar surface area (TPSA) is 87.1 Å². The second-order valence-corrected chi connectivity index (χ2v) is 8.88. The summed E-state index contributed by atoms with van der Waals surface area (Å²) in [5, 5.41) is 19.2. The van der Waals surface area contributed by atoms with E-state index in [1.165, 1.54) is 23.5 Å². The summed E-state index contributed by atoms with van der Waals surface area (Å²) in [6, 6.07) is 8.49. The number of nitrogens with zero attached hydrogens (tertiary/aromatic N) is 2. The van der Waals surface area contributed by atoms with Crippen LogP contribution in [0.15, 0.2) is 43.1 Å². The van der Waals surface area contributed by atoms with Crippen LogP contribution in [0.1, 0.15) is 49.8 Å². The third-order valence-electron chi connectivity index (χ3n) is 5.49. The molecule has 0 aliphatic carbocycles. The number of fused-ring (bicyclic) bond motifs is 5. The number of anilines is 1. The number of carbonyl (C=O) groups excluding carboxylic acids is 1. The maximum atomic E-state index is 12.7. The average molecular weight is 451 g/mol. The molecule has 7 heteroatoms. The molecule has 0 saturated heterocycles. The highest BCUT2D eigenvalue weighted by Crippen LogP contribution is 2.41. The summed E-state index contributed by atoms with van der Waals surface area (Å²) < 4.78 is 48.3. The van der Waals surface area contributed by atoms with Crippen molar-refractivity contribution >= 4 is 50.0 Å². The summed E-state index contributed by atoms with van der Waals surface area (Å²) >= 11 is 1.38. The van der Waals surface area contributed by atoms with Crippen LogP contribution < -0.4 is 10.6 Å². The Morgan fingerprint density at radius 3 is 2.97 bits per heavy atom. The average Bonchev–Trinajstić information content (AvgIpc) is 3.17. The standard InChI is InChI=1S/C25H24N4O2S/c1-5-14-10-16(17(12-26-14)25(3,4)31)19-7-6-15-18(29-19)8-9-20-21(15)22-23(32-20)24(30)28-13(2)11-27-22/h5-10,12-13,27,31H,1,11H2,2-4H3,(H,28,30)/t13-/m1/s1/i3D3,4D3. The minimum absolute atomic E-state index is 0.0452. The normalized spacial score (nSPS) is 19.9. The van der Waals surface area contributed by atoms with Crippen molar-refractivity contribution in [3.8, 4) is 11.3 Å².